The van der Waals surface area contributed by atoms with Crippen LogP contribution in [0.2, 0.25) is 10.0 Å². The summed E-state index contributed by atoms with van der Waals surface area (Å²) in [6.07, 6.45) is 0.864. The number of ketones is 1. The molecule has 2 heterocycles. The van der Waals surface area contributed by atoms with E-state index in [2.05, 4.69) is 4.98 Å². The second-order valence-electron chi connectivity index (χ2n) is 8.21. The van der Waals surface area contributed by atoms with E-state index in [1.54, 1.807) is 66.7 Å². The number of halogens is 2. The number of hydrogen-bond acceptors (Lipinski definition) is 6. The maximum absolute atomic E-state index is 13.4. The fourth-order valence-corrected chi connectivity index (χ4v) is 5.56. The largest absolute Gasteiger partial charge is 0.507 e. The first-order chi connectivity index (χ1) is 17.4. The normalized spacial score (nSPS) is 17.2. The molecule has 0 aliphatic carbocycles. The van der Waals surface area contributed by atoms with Gasteiger partial charge in [-0.1, -0.05) is 53.6 Å². The minimum atomic E-state index is -0.921. The Balaban J connectivity index is 1.65. The van der Waals surface area contributed by atoms with E-state index in [9.17, 15) is 14.7 Å². The van der Waals surface area contributed by atoms with Crippen LogP contribution in [0.25, 0.3) is 16.0 Å². The van der Waals surface area contributed by atoms with Gasteiger partial charge in [0, 0.05) is 15.6 Å². The zero-order chi connectivity index (χ0) is 25.4. The van der Waals surface area contributed by atoms with Gasteiger partial charge in [0.15, 0.2) is 5.13 Å². The van der Waals surface area contributed by atoms with E-state index in [1.807, 2.05) is 6.92 Å². The lowest BCUT2D eigenvalue weighted by molar-refractivity contribution is -0.132. The van der Waals surface area contributed by atoms with Gasteiger partial charge in [0.05, 0.1) is 28.4 Å². The van der Waals surface area contributed by atoms with Crippen molar-refractivity contribution in [1.29, 1.82) is 0 Å². The van der Waals surface area contributed by atoms with E-state index in [0.29, 0.717) is 44.2 Å². The number of amides is 1. The molecule has 9 heteroatoms. The molecule has 1 aliphatic heterocycles. The molecule has 3 aromatic carbocycles. The molecule has 0 spiro atoms. The van der Waals surface area contributed by atoms with Crippen molar-refractivity contribution in [2.75, 3.05) is 11.5 Å². The number of anilines is 1. The highest BCUT2D eigenvalue weighted by Gasteiger charge is 2.48. The predicted molar refractivity (Wildman–Crippen MR) is 143 cm³/mol. The highest BCUT2D eigenvalue weighted by atomic mass is 35.5. The molecule has 1 atom stereocenters. The van der Waals surface area contributed by atoms with Crippen LogP contribution in [0.15, 0.2) is 72.3 Å². The third-order valence-corrected chi connectivity index (χ3v) is 7.24. The van der Waals surface area contributed by atoms with Crippen LogP contribution in [0, 0.1) is 0 Å². The molecule has 0 radical (unpaired) electrons. The summed E-state index contributed by atoms with van der Waals surface area (Å²) < 4.78 is 6.38. The summed E-state index contributed by atoms with van der Waals surface area (Å²) in [6.45, 7) is 2.58. The van der Waals surface area contributed by atoms with Crippen molar-refractivity contribution in [2.24, 2.45) is 0 Å². The predicted octanol–water partition coefficient (Wildman–Crippen LogP) is 7.02. The maximum Gasteiger partial charge on any atom is 0.301 e. The van der Waals surface area contributed by atoms with Gasteiger partial charge in [-0.2, -0.15) is 0 Å². The Bertz CT molecular complexity index is 1510. The van der Waals surface area contributed by atoms with Gasteiger partial charge in [-0.25, -0.2) is 4.98 Å². The number of Topliss-reactive ketones (excluding diaryl/α,β-unsaturated/α-hetero) is 1. The van der Waals surface area contributed by atoms with Crippen LogP contribution in [0.1, 0.15) is 30.5 Å². The van der Waals surface area contributed by atoms with E-state index >= 15 is 0 Å². The van der Waals surface area contributed by atoms with Gasteiger partial charge in [0.1, 0.15) is 11.5 Å². The van der Waals surface area contributed by atoms with E-state index in [4.69, 9.17) is 27.9 Å². The first kappa shape index (κ1) is 24.3. The Hall–Kier alpha value is -3.39. The smallest absolute Gasteiger partial charge is 0.301 e. The monoisotopic (exact) mass is 538 g/mol. The highest BCUT2D eigenvalue weighted by molar-refractivity contribution is 7.22. The molecule has 1 amide bonds. The number of benzene rings is 3. The van der Waals surface area contributed by atoms with E-state index < -0.39 is 17.7 Å². The third-order valence-electron chi connectivity index (χ3n) is 5.75. The molecule has 1 fully saturated rings. The van der Waals surface area contributed by atoms with Gasteiger partial charge in [0.25, 0.3) is 5.78 Å². The summed E-state index contributed by atoms with van der Waals surface area (Å²) in [5, 5.41) is 12.6. The van der Waals surface area contributed by atoms with Crippen molar-refractivity contribution in [1.82, 2.24) is 4.98 Å². The molecular weight excluding hydrogens is 519 g/mol. The van der Waals surface area contributed by atoms with Crippen molar-refractivity contribution in [3.05, 3.63) is 93.5 Å². The summed E-state index contributed by atoms with van der Waals surface area (Å²) in [5.41, 5.74) is 1.57. The van der Waals surface area contributed by atoms with Crippen LogP contribution in [0.3, 0.4) is 0 Å². The molecule has 36 heavy (non-hydrogen) atoms. The number of fused-ring (bicyclic) bond motifs is 1. The Kier molecular flexibility index (Phi) is 6.71. The van der Waals surface area contributed by atoms with Gasteiger partial charge in [-0.15, -0.1) is 0 Å². The van der Waals surface area contributed by atoms with Gasteiger partial charge < -0.3 is 9.84 Å². The van der Waals surface area contributed by atoms with E-state index in [1.165, 1.54) is 16.2 Å². The Morgan fingerprint density at radius 2 is 1.81 bits per heavy atom. The third kappa shape index (κ3) is 4.46. The minimum Gasteiger partial charge on any atom is -0.507 e. The fourth-order valence-electron chi connectivity index (χ4n) is 4.10. The Morgan fingerprint density at radius 3 is 2.53 bits per heavy atom. The van der Waals surface area contributed by atoms with Crippen molar-refractivity contribution >= 4 is 67.3 Å². The van der Waals surface area contributed by atoms with Crippen LogP contribution < -0.4 is 9.64 Å². The molecule has 1 aliphatic rings. The summed E-state index contributed by atoms with van der Waals surface area (Å²) in [7, 11) is 0. The van der Waals surface area contributed by atoms with Crippen molar-refractivity contribution in [2.45, 2.75) is 19.4 Å². The van der Waals surface area contributed by atoms with Gasteiger partial charge in [0.2, 0.25) is 0 Å². The lowest BCUT2D eigenvalue weighted by Crippen LogP contribution is -2.29. The average Bonchev–Trinajstić information content (AvgIpc) is 3.40. The molecule has 1 saturated heterocycles. The molecule has 1 aromatic heterocycles. The SMILES string of the molecule is CCCOc1ccc(/C(O)=C2\C(=O)C(=O)N(c3nc4ccc(Cl)cc4s3)C2c2cccc(Cl)c2)cc1. The molecule has 6 nitrogen and oxygen atoms in total. The lowest BCUT2D eigenvalue weighted by Gasteiger charge is -2.23. The topological polar surface area (TPSA) is 79.7 Å². The molecule has 0 bridgehead atoms. The minimum absolute atomic E-state index is 0.0400. The van der Waals surface area contributed by atoms with Gasteiger partial charge >= 0.3 is 5.91 Å². The number of aromatic nitrogens is 1. The molecule has 4 aromatic rings. The van der Waals surface area contributed by atoms with Gasteiger partial charge in [-0.3, -0.25) is 14.5 Å². The number of thiazole rings is 1. The second-order valence-corrected chi connectivity index (χ2v) is 10.1. The average molecular weight is 539 g/mol. The highest BCUT2D eigenvalue weighted by Crippen LogP contribution is 2.45. The zero-order valence-corrected chi connectivity index (χ0v) is 21.4. The van der Waals surface area contributed by atoms with Crippen LogP contribution in [0.5, 0.6) is 5.75 Å². The fraction of sp³-hybridized carbons (Fsp3) is 0.148. The quantitative estimate of drug-likeness (QED) is 0.162. The summed E-state index contributed by atoms with van der Waals surface area (Å²) in [4.78, 5) is 32.6. The van der Waals surface area contributed by atoms with Crippen molar-refractivity contribution < 1.29 is 19.4 Å². The summed E-state index contributed by atoms with van der Waals surface area (Å²) in [6, 6.07) is 17.9. The first-order valence-corrected chi connectivity index (χ1v) is 12.8. The van der Waals surface area contributed by atoms with Crippen molar-refractivity contribution in [3.8, 4) is 5.75 Å². The molecule has 0 saturated carbocycles. The van der Waals surface area contributed by atoms with Crippen LogP contribution in [0.4, 0.5) is 5.13 Å². The number of carbonyl (C=O) groups excluding carboxylic acids is 2. The van der Waals surface area contributed by atoms with Crippen LogP contribution in [-0.2, 0) is 9.59 Å². The van der Waals surface area contributed by atoms with Gasteiger partial charge in [-0.05, 0) is 66.6 Å². The number of aliphatic hydroxyl groups excluding tert-OH is 1. The number of rotatable bonds is 6. The van der Waals surface area contributed by atoms with Crippen LogP contribution >= 0.6 is 34.5 Å². The van der Waals surface area contributed by atoms with E-state index in [-0.39, 0.29) is 11.3 Å². The lowest BCUT2D eigenvalue weighted by atomic mass is 9.95. The number of nitrogens with zero attached hydrogens (tertiary/aromatic N) is 2. The molecule has 182 valence electrons. The number of carbonyl (C=O) groups is 2. The number of hydrogen-bond donors (Lipinski definition) is 1. The second kappa shape index (κ2) is 9.93. The van der Waals surface area contributed by atoms with Crippen LogP contribution in [-0.4, -0.2) is 28.4 Å². The van der Waals surface area contributed by atoms with Crippen molar-refractivity contribution in [3.63, 3.8) is 0 Å². The molecule has 1 N–H and O–H groups in total. The van der Waals surface area contributed by atoms with E-state index in [0.717, 1.165) is 11.1 Å². The Morgan fingerprint density at radius 1 is 1.06 bits per heavy atom. The Labute approximate surface area is 221 Å². The standard InChI is InChI=1S/C27H20Cl2N2O4S/c1-2-12-35-19-9-6-15(7-10-19)24(32)22-23(16-4-3-5-17(28)13-16)31(26(34)25(22)33)27-30-20-11-8-18(29)14-21(20)36-27/h3-11,13-14,23,32H,2,12H2,1H3/b24-22+. The summed E-state index contributed by atoms with van der Waals surface area (Å²) >= 11 is 13.6. The number of ether oxygens (including phenoxy) is 1. The molecule has 1 unspecified atom stereocenters. The zero-order valence-electron chi connectivity index (χ0n) is 19.1. The first-order valence-electron chi connectivity index (χ1n) is 11.2. The summed E-state index contributed by atoms with van der Waals surface area (Å²) in [5.74, 6) is -1.23. The maximum atomic E-state index is 13.4. The number of aliphatic hydroxyl groups is 1. The molecular formula is C27H20Cl2N2O4S. The molecule has 5 rings (SSSR count).